The number of fused-ring (bicyclic) bond motifs is 1. The van der Waals surface area contributed by atoms with Crippen molar-refractivity contribution in [2.75, 3.05) is 0 Å². The number of halogens is 1. The highest BCUT2D eigenvalue weighted by Gasteiger charge is 2.34. The monoisotopic (exact) mass is 388 g/mol. The molecule has 6 heteroatoms. The summed E-state index contributed by atoms with van der Waals surface area (Å²) in [7, 11) is 0. The topological polar surface area (TPSA) is 72.2 Å². The number of carbonyl (C=O) groups is 2. The van der Waals surface area contributed by atoms with Gasteiger partial charge in [-0.15, -0.1) is 0 Å². The van der Waals surface area contributed by atoms with E-state index in [0.717, 1.165) is 35.4 Å². The highest BCUT2D eigenvalue weighted by molar-refractivity contribution is 6.34. The molecule has 1 aromatic heterocycles. The van der Waals surface area contributed by atoms with E-state index in [9.17, 15) is 14.7 Å². The Morgan fingerprint density at radius 1 is 1.22 bits per heavy atom. The SMILES string of the molecule is CC.Cc1nn(C(=O)c2c(Cl)cccc2C2CC2)c2c1CCC(C(=O)O)C2. The van der Waals surface area contributed by atoms with Gasteiger partial charge in [-0.2, -0.15) is 5.10 Å². The van der Waals surface area contributed by atoms with Crippen molar-refractivity contribution in [3.8, 4) is 0 Å². The molecule has 27 heavy (non-hydrogen) atoms. The Hall–Kier alpha value is -2.14. The first-order valence-electron chi connectivity index (χ1n) is 9.60. The summed E-state index contributed by atoms with van der Waals surface area (Å²) < 4.78 is 1.40. The quantitative estimate of drug-likeness (QED) is 0.832. The second-order valence-corrected chi connectivity index (χ2v) is 7.39. The summed E-state index contributed by atoms with van der Waals surface area (Å²) in [5.41, 5.74) is 4.01. The van der Waals surface area contributed by atoms with Crippen molar-refractivity contribution in [3.63, 3.8) is 0 Å². The number of carboxylic acids is 1. The van der Waals surface area contributed by atoms with E-state index in [-0.39, 0.29) is 5.91 Å². The van der Waals surface area contributed by atoms with Gasteiger partial charge in [0, 0.05) is 6.42 Å². The second-order valence-electron chi connectivity index (χ2n) is 6.98. The third-order valence-electron chi connectivity index (χ3n) is 5.29. The Balaban J connectivity index is 0.00000102. The molecule has 0 spiro atoms. The van der Waals surface area contributed by atoms with Crippen molar-refractivity contribution < 1.29 is 14.7 Å². The molecule has 4 rings (SSSR count). The first kappa shape index (κ1) is 19.6. The molecule has 0 amide bonds. The standard InChI is InChI=1S/C19H19ClN2O3.C2H6/c1-10-13-8-7-12(19(24)25)9-16(13)22(21-10)18(23)17-14(11-5-6-11)3-2-4-15(17)20;1-2/h2-4,11-12H,5-9H2,1H3,(H,24,25);1-2H3. The molecule has 1 saturated carbocycles. The van der Waals surface area contributed by atoms with Crippen LogP contribution in [0.4, 0.5) is 0 Å². The average molecular weight is 389 g/mol. The Morgan fingerprint density at radius 3 is 2.56 bits per heavy atom. The van der Waals surface area contributed by atoms with Crippen LogP contribution in [0, 0.1) is 12.8 Å². The van der Waals surface area contributed by atoms with Gasteiger partial charge in [-0.1, -0.05) is 37.6 Å². The largest absolute Gasteiger partial charge is 0.481 e. The van der Waals surface area contributed by atoms with Crippen LogP contribution in [0.1, 0.15) is 71.9 Å². The van der Waals surface area contributed by atoms with Gasteiger partial charge in [0.15, 0.2) is 0 Å². The summed E-state index contributed by atoms with van der Waals surface area (Å²) in [5.74, 6) is -1.15. The summed E-state index contributed by atoms with van der Waals surface area (Å²) >= 11 is 6.36. The molecule has 1 atom stereocenters. The van der Waals surface area contributed by atoms with Crippen molar-refractivity contribution in [3.05, 3.63) is 51.3 Å². The van der Waals surface area contributed by atoms with E-state index in [1.54, 1.807) is 6.07 Å². The summed E-state index contributed by atoms with van der Waals surface area (Å²) in [4.78, 5) is 24.6. The van der Waals surface area contributed by atoms with E-state index in [1.165, 1.54) is 4.68 Å². The molecule has 5 nitrogen and oxygen atoms in total. The summed E-state index contributed by atoms with van der Waals surface area (Å²) in [6.45, 7) is 5.87. The molecule has 2 aliphatic rings. The Bertz CT molecular complexity index is 884. The van der Waals surface area contributed by atoms with Crippen LogP contribution in [0.3, 0.4) is 0 Å². The minimum Gasteiger partial charge on any atom is -0.481 e. The molecule has 0 saturated heterocycles. The number of aromatic nitrogens is 2. The van der Waals surface area contributed by atoms with Crippen LogP contribution >= 0.6 is 11.6 Å². The zero-order valence-electron chi connectivity index (χ0n) is 16.0. The van der Waals surface area contributed by atoms with Crippen LogP contribution in [-0.2, 0) is 17.6 Å². The molecular formula is C21H25ClN2O3. The predicted molar refractivity (Wildman–Crippen MR) is 105 cm³/mol. The van der Waals surface area contributed by atoms with Crippen LogP contribution < -0.4 is 0 Å². The third-order valence-corrected chi connectivity index (χ3v) is 5.61. The van der Waals surface area contributed by atoms with E-state index in [1.807, 2.05) is 32.9 Å². The van der Waals surface area contributed by atoms with Gasteiger partial charge in [0.1, 0.15) is 0 Å². The van der Waals surface area contributed by atoms with Crippen molar-refractivity contribution >= 4 is 23.5 Å². The van der Waals surface area contributed by atoms with Crippen molar-refractivity contribution in [2.45, 2.75) is 58.8 Å². The number of carboxylic acid groups (broad SMARTS) is 1. The predicted octanol–water partition coefficient (Wildman–Crippen LogP) is 4.63. The molecule has 0 aliphatic heterocycles. The van der Waals surface area contributed by atoms with E-state index < -0.39 is 11.9 Å². The van der Waals surface area contributed by atoms with Gasteiger partial charge in [0.2, 0.25) is 0 Å². The maximum atomic E-state index is 13.3. The lowest BCUT2D eigenvalue weighted by molar-refractivity contribution is -0.142. The van der Waals surface area contributed by atoms with E-state index >= 15 is 0 Å². The lowest BCUT2D eigenvalue weighted by Crippen LogP contribution is -2.26. The van der Waals surface area contributed by atoms with Crippen LogP contribution in [0.25, 0.3) is 0 Å². The summed E-state index contributed by atoms with van der Waals surface area (Å²) in [6, 6.07) is 5.56. The zero-order chi connectivity index (χ0) is 19.7. The highest BCUT2D eigenvalue weighted by atomic mass is 35.5. The van der Waals surface area contributed by atoms with Crippen molar-refractivity contribution in [2.24, 2.45) is 5.92 Å². The molecule has 1 heterocycles. The number of carbonyl (C=O) groups excluding carboxylic acids is 1. The molecule has 2 aliphatic carbocycles. The molecule has 1 fully saturated rings. The smallest absolute Gasteiger partial charge is 0.306 e. The van der Waals surface area contributed by atoms with E-state index in [0.29, 0.717) is 35.8 Å². The van der Waals surface area contributed by atoms with Crippen molar-refractivity contribution in [1.82, 2.24) is 9.78 Å². The second kappa shape index (κ2) is 7.85. The van der Waals surface area contributed by atoms with E-state index in [4.69, 9.17) is 11.6 Å². The number of benzene rings is 1. The lowest BCUT2D eigenvalue weighted by Gasteiger charge is -2.20. The number of rotatable bonds is 3. The molecule has 0 bridgehead atoms. The molecular weight excluding hydrogens is 364 g/mol. The number of nitrogens with zero attached hydrogens (tertiary/aromatic N) is 2. The number of aryl methyl sites for hydroxylation is 1. The van der Waals surface area contributed by atoms with Crippen LogP contribution in [0.15, 0.2) is 18.2 Å². The average Bonchev–Trinajstić information content (AvgIpc) is 3.46. The molecule has 1 N–H and O–H groups in total. The third kappa shape index (κ3) is 3.65. The fourth-order valence-electron chi connectivity index (χ4n) is 3.78. The zero-order valence-corrected chi connectivity index (χ0v) is 16.7. The van der Waals surface area contributed by atoms with Crippen molar-refractivity contribution in [1.29, 1.82) is 0 Å². The normalized spacial score (nSPS) is 18.3. The minimum atomic E-state index is -0.820. The number of aliphatic carboxylic acids is 1. The number of hydrogen-bond acceptors (Lipinski definition) is 3. The summed E-state index contributed by atoms with van der Waals surface area (Å²) in [6.07, 6.45) is 3.70. The van der Waals surface area contributed by atoms with Gasteiger partial charge >= 0.3 is 5.97 Å². The Morgan fingerprint density at radius 2 is 1.93 bits per heavy atom. The Labute approximate surface area is 164 Å². The molecule has 0 radical (unpaired) electrons. The Kier molecular flexibility index (Phi) is 5.70. The highest BCUT2D eigenvalue weighted by Crippen LogP contribution is 2.43. The molecule has 1 unspecified atom stereocenters. The van der Waals surface area contributed by atoms with Gasteiger partial charge in [-0.05, 0) is 55.7 Å². The molecule has 1 aromatic carbocycles. The summed E-state index contributed by atoms with van der Waals surface area (Å²) in [5, 5.41) is 14.2. The van der Waals surface area contributed by atoms with Gasteiger partial charge in [-0.3, -0.25) is 9.59 Å². The lowest BCUT2D eigenvalue weighted by atomic mass is 9.87. The minimum absolute atomic E-state index is 0.247. The van der Waals surface area contributed by atoms with Crippen LogP contribution in [-0.4, -0.2) is 26.8 Å². The molecule has 144 valence electrons. The first-order valence-corrected chi connectivity index (χ1v) is 9.98. The maximum absolute atomic E-state index is 13.3. The molecule has 2 aromatic rings. The first-order chi connectivity index (χ1) is 13.0. The van der Waals surface area contributed by atoms with Crippen LogP contribution in [0.5, 0.6) is 0 Å². The van der Waals surface area contributed by atoms with Gasteiger partial charge in [0.05, 0.1) is 27.9 Å². The van der Waals surface area contributed by atoms with Gasteiger partial charge < -0.3 is 5.11 Å². The fraction of sp³-hybridized carbons (Fsp3) is 0.476. The van der Waals surface area contributed by atoms with Gasteiger partial charge in [-0.25, -0.2) is 4.68 Å². The maximum Gasteiger partial charge on any atom is 0.306 e. The van der Waals surface area contributed by atoms with Gasteiger partial charge in [0.25, 0.3) is 5.91 Å². The fourth-order valence-corrected chi connectivity index (χ4v) is 4.04. The number of hydrogen-bond donors (Lipinski definition) is 1. The van der Waals surface area contributed by atoms with Crippen LogP contribution in [0.2, 0.25) is 5.02 Å². The van der Waals surface area contributed by atoms with E-state index in [2.05, 4.69) is 5.10 Å².